The number of halogens is 1. The van der Waals surface area contributed by atoms with Gasteiger partial charge in [0.15, 0.2) is 0 Å². The maximum atomic E-state index is 10.5. The molecule has 0 radical (unpaired) electrons. The Morgan fingerprint density at radius 1 is 1.53 bits per heavy atom. The van der Waals surface area contributed by atoms with E-state index in [0.717, 1.165) is 12.1 Å². The first-order valence-electron chi connectivity index (χ1n) is 6.18. The summed E-state index contributed by atoms with van der Waals surface area (Å²) in [7, 11) is 0. The molecule has 5 heteroatoms. The molecular weight excluding hydrogens is 264 g/mol. The van der Waals surface area contributed by atoms with Crippen molar-refractivity contribution in [2.75, 3.05) is 11.9 Å². The van der Waals surface area contributed by atoms with Gasteiger partial charge in [0.05, 0.1) is 11.3 Å². The summed E-state index contributed by atoms with van der Waals surface area (Å²) in [6.07, 6.45) is 1.73. The van der Waals surface area contributed by atoms with E-state index in [-0.39, 0.29) is 6.42 Å². The van der Waals surface area contributed by atoms with E-state index in [9.17, 15) is 4.79 Å². The molecule has 0 fully saturated rings. The number of anilines is 1. The lowest BCUT2D eigenvalue weighted by atomic mass is 10.0. The van der Waals surface area contributed by atoms with Crippen LogP contribution in [0.25, 0.3) is 0 Å². The van der Waals surface area contributed by atoms with Gasteiger partial charge in [0.25, 0.3) is 0 Å². The van der Waals surface area contributed by atoms with Crippen molar-refractivity contribution in [3.63, 3.8) is 0 Å². The molecule has 0 bridgehead atoms. The molecule has 0 aliphatic rings. The van der Waals surface area contributed by atoms with Crippen molar-refractivity contribution >= 4 is 23.3 Å². The van der Waals surface area contributed by atoms with Crippen LogP contribution in [0.1, 0.15) is 31.7 Å². The summed E-state index contributed by atoms with van der Waals surface area (Å²) >= 11 is 5.82. The van der Waals surface area contributed by atoms with Crippen molar-refractivity contribution in [3.8, 4) is 6.07 Å². The summed E-state index contributed by atoms with van der Waals surface area (Å²) in [4.78, 5) is 10.5. The lowest BCUT2D eigenvalue weighted by molar-refractivity contribution is -0.137. The van der Waals surface area contributed by atoms with Gasteiger partial charge in [-0.1, -0.05) is 18.5 Å². The molecule has 1 aromatic carbocycles. The quantitative estimate of drug-likeness (QED) is 0.801. The van der Waals surface area contributed by atoms with Crippen LogP contribution in [0.3, 0.4) is 0 Å². The van der Waals surface area contributed by atoms with Gasteiger partial charge in [-0.25, -0.2) is 0 Å². The van der Waals surface area contributed by atoms with Crippen LogP contribution in [0.5, 0.6) is 0 Å². The fraction of sp³-hybridized carbons (Fsp3) is 0.429. The first kappa shape index (κ1) is 15.3. The first-order valence-corrected chi connectivity index (χ1v) is 6.56. The van der Waals surface area contributed by atoms with E-state index in [2.05, 4.69) is 11.4 Å². The maximum absolute atomic E-state index is 10.5. The second-order valence-corrected chi connectivity index (χ2v) is 4.99. The van der Waals surface area contributed by atoms with Gasteiger partial charge in [-0.15, -0.1) is 0 Å². The number of aliphatic carboxylic acids is 1. The molecule has 0 aromatic heterocycles. The zero-order chi connectivity index (χ0) is 14.3. The van der Waals surface area contributed by atoms with E-state index in [4.69, 9.17) is 22.0 Å². The molecule has 1 atom stereocenters. The van der Waals surface area contributed by atoms with E-state index < -0.39 is 5.97 Å². The lowest BCUT2D eigenvalue weighted by Gasteiger charge is -2.12. The fourth-order valence-corrected chi connectivity index (χ4v) is 1.90. The van der Waals surface area contributed by atoms with Gasteiger partial charge >= 0.3 is 5.97 Å². The Morgan fingerprint density at radius 2 is 2.26 bits per heavy atom. The van der Waals surface area contributed by atoms with E-state index in [1.807, 2.05) is 6.92 Å². The molecule has 1 aromatic rings. The molecule has 0 saturated carbocycles. The molecule has 0 saturated heterocycles. The number of nitriles is 1. The summed E-state index contributed by atoms with van der Waals surface area (Å²) < 4.78 is 0. The molecule has 0 aliphatic carbocycles. The highest BCUT2D eigenvalue weighted by molar-refractivity contribution is 6.30. The summed E-state index contributed by atoms with van der Waals surface area (Å²) in [5.74, 6) is -0.425. The largest absolute Gasteiger partial charge is 0.481 e. The van der Waals surface area contributed by atoms with Crippen LogP contribution in [0.2, 0.25) is 5.02 Å². The predicted molar refractivity (Wildman–Crippen MR) is 75.3 cm³/mol. The van der Waals surface area contributed by atoms with E-state index in [1.54, 1.807) is 18.2 Å². The second-order valence-electron chi connectivity index (χ2n) is 4.55. The minimum Gasteiger partial charge on any atom is -0.481 e. The normalized spacial score (nSPS) is 11.6. The zero-order valence-corrected chi connectivity index (χ0v) is 11.6. The molecule has 0 aliphatic heterocycles. The summed E-state index contributed by atoms with van der Waals surface area (Å²) in [5.41, 5.74) is 1.28. The van der Waals surface area contributed by atoms with E-state index in [0.29, 0.717) is 29.5 Å². The highest BCUT2D eigenvalue weighted by Crippen LogP contribution is 2.20. The second kappa shape index (κ2) is 7.65. The van der Waals surface area contributed by atoms with E-state index >= 15 is 0 Å². The van der Waals surface area contributed by atoms with Crippen LogP contribution in [0, 0.1) is 17.2 Å². The predicted octanol–water partition coefficient (Wildman–Crippen LogP) is 3.51. The highest BCUT2D eigenvalue weighted by Gasteiger charge is 2.06. The Kier molecular flexibility index (Phi) is 6.17. The van der Waals surface area contributed by atoms with Crippen molar-refractivity contribution in [3.05, 3.63) is 28.8 Å². The third-order valence-electron chi connectivity index (χ3n) is 2.91. The van der Waals surface area contributed by atoms with Gasteiger partial charge in [0.2, 0.25) is 0 Å². The van der Waals surface area contributed by atoms with Gasteiger partial charge in [0, 0.05) is 18.0 Å². The first-order chi connectivity index (χ1) is 9.02. The molecule has 0 amide bonds. The van der Waals surface area contributed by atoms with Gasteiger partial charge in [-0.05, 0) is 37.0 Å². The third-order valence-corrected chi connectivity index (χ3v) is 3.14. The Labute approximate surface area is 118 Å². The molecule has 1 rings (SSSR count). The van der Waals surface area contributed by atoms with Crippen LogP contribution in [0.15, 0.2) is 18.2 Å². The Hall–Kier alpha value is -1.73. The SMILES string of the molecule is CC(CCNc1ccc(Cl)cc1C#N)CCC(=O)O. The molecule has 0 heterocycles. The Morgan fingerprint density at radius 3 is 2.89 bits per heavy atom. The number of hydrogen-bond donors (Lipinski definition) is 2. The van der Waals surface area contributed by atoms with Crippen LogP contribution >= 0.6 is 11.6 Å². The molecule has 2 N–H and O–H groups in total. The van der Waals surface area contributed by atoms with E-state index in [1.165, 1.54) is 0 Å². The van der Waals surface area contributed by atoms with Gasteiger partial charge < -0.3 is 10.4 Å². The van der Waals surface area contributed by atoms with Gasteiger partial charge in [0.1, 0.15) is 6.07 Å². The van der Waals surface area contributed by atoms with Crippen molar-refractivity contribution in [1.82, 2.24) is 0 Å². The Balaban J connectivity index is 2.41. The highest BCUT2D eigenvalue weighted by atomic mass is 35.5. The molecule has 0 spiro atoms. The third kappa shape index (κ3) is 5.62. The fourth-order valence-electron chi connectivity index (χ4n) is 1.73. The topological polar surface area (TPSA) is 73.1 Å². The molecule has 19 heavy (non-hydrogen) atoms. The standard InChI is InChI=1S/C14H17ClN2O2/c1-10(2-5-14(18)19)6-7-17-13-4-3-12(15)8-11(13)9-16/h3-4,8,10,17H,2,5-7H2,1H3,(H,18,19). The minimum absolute atomic E-state index is 0.200. The Bertz CT molecular complexity index is 483. The summed E-state index contributed by atoms with van der Waals surface area (Å²) in [6, 6.07) is 7.23. The van der Waals surface area contributed by atoms with Crippen LogP contribution in [0.4, 0.5) is 5.69 Å². The number of hydrogen-bond acceptors (Lipinski definition) is 3. The number of nitrogens with one attached hydrogen (secondary N) is 1. The maximum Gasteiger partial charge on any atom is 0.303 e. The molecule has 1 unspecified atom stereocenters. The number of carboxylic acids is 1. The smallest absolute Gasteiger partial charge is 0.303 e. The molecular formula is C14H17ClN2O2. The summed E-state index contributed by atoms with van der Waals surface area (Å²) in [5, 5.41) is 21.3. The lowest BCUT2D eigenvalue weighted by Crippen LogP contribution is -2.09. The van der Waals surface area contributed by atoms with Gasteiger partial charge in [-0.2, -0.15) is 5.26 Å². The number of rotatable bonds is 7. The van der Waals surface area contributed by atoms with Crippen molar-refractivity contribution < 1.29 is 9.90 Å². The number of benzene rings is 1. The monoisotopic (exact) mass is 280 g/mol. The van der Waals surface area contributed by atoms with Crippen molar-refractivity contribution in [1.29, 1.82) is 5.26 Å². The van der Waals surface area contributed by atoms with Gasteiger partial charge in [-0.3, -0.25) is 4.79 Å². The number of carboxylic acid groups (broad SMARTS) is 1. The zero-order valence-electron chi connectivity index (χ0n) is 10.8. The number of nitrogens with zero attached hydrogens (tertiary/aromatic N) is 1. The van der Waals surface area contributed by atoms with Crippen LogP contribution in [-0.2, 0) is 4.79 Å². The van der Waals surface area contributed by atoms with Crippen molar-refractivity contribution in [2.24, 2.45) is 5.92 Å². The average Bonchev–Trinajstić information content (AvgIpc) is 2.38. The molecule has 102 valence electrons. The van der Waals surface area contributed by atoms with Crippen molar-refractivity contribution in [2.45, 2.75) is 26.2 Å². The molecule has 4 nitrogen and oxygen atoms in total. The van der Waals surface area contributed by atoms with Crippen LogP contribution < -0.4 is 5.32 Å². The average molecular weight is 281 g/mol. The summed E-state index contributed by atoms with van der Waals surface area (Å²) in [6.45, 7) is 2.73. The minimum atomic E-state index is -0.760. The number of carbonyl (C=O) groups is 1. The van der Waals surface area contributed by atoms with Crippen LogP contribution in [-0.4, -0.2) is 17.6 Å².